The summed E-state index contributed by atoms with van der Waals surface area (Å²) >= 11 is 6.26. The van der Waals surface area contributed by atoms with E-state index in [-0.39, 0.29) is 5.92 Å². The number of halogens is 1. The van der Waals surface area contributed by atoms with Crippen LogP contribution >= 0.6 is 11.6 Å². The zero-order chi connectivity index (χ0) is 14.7. The van der Waals surface area contributed by atoms with E-state index in [1.165, 1.54) is 5.56 Å². The molecule has 106 valence electrons. The molecule has 1 aromatic heterocycles. The maximum absolute atomic E-state index is 6.26. The molecule has 0 amide bonds. The molecule has 20 heavy (non-hydrogen) atoms. The first-order valence-electron chi connectivity index (χ1n) is 7.16. The van der Waals surface area contributed by atoms with Crippen molar-refractivity contribution in [2.24, 2.45) is 0 Å². The van der Waals surface area contributed by atoms with Gasteiger partial charge >= 0.3 is 0 Å². The molecule has 0 bridgehead atoms. The van der Waals surface area contributed by atoms with Gasteiger partial charge in [-0.2, -0.15) is 0 Å². The second kappa shape index (κ2) is 6.36. The molecule has 2 aromatic rings. The van der Waals surface area contributed by atoms with Crippen LogP contribution in [0.4, 0.5) is 0 Å². The summed E-state index contributed by atoms with van der Waals surface area (Å²) < 4.78 is 0. The highest BCUT2D eigenvalue weighted by atomic mass is 35.5. The Morgan fingerprint density at radius 3 is 2.60 bits per heavy atom. The normalized spacial score (nSPS) is 11.1. The van der Waals surface area contributed by atoms with Gasteiger partial charge < -0.3 is 0 Å². The molecule has 0 saturated carbocycles. The van der Waals surface area contributed by atoms with Crippen LogP contribution in [-0.2, 0) is 6.42 Å². The van der Waals surface area contributed by atoms with E-state index < -0.39 is 0 Å². The van der Waals surface area contributed by atoms with Crippen LogP contribution in [0.25, 0.3) is 11.3 Å². The number of hydrogen-bond donors (Lipinski definition) is 0. The zero-order valence-electron chi connectivity index (χ0n) is 12.6. The molecule has 0 atom stereocenters. The van der Waals surface area contributed by atoms with Gasteiger partial charge in [0.1, 0.15) is 11.0 Å². The molecule has 0 aliphatic rings. The minimum Gasteiger partial charge on any atom is -0.232 e. The third kappa shape index (κ3) is 3.18. The first-order chi connectivity index (χ1) is 9.52. The summed E-state index contributed by atoms with van der Waals surface area (Å²) in [5.41, 5.74) is 4.36. The highest BCUT2D eigenvalue weighted by molar-refractivity contribution is 6.30. The maximum atomic E-state index is 6.26. The third-order valence-corrected chi connectivity index (χ3v) is 3.73. The lowest BCUT2D eigenvalue weighted by Gasteiger charge is -2.12. The van der Waals surface area contributed by atoms with Crippen molar-refractivity contribution in [3.63, 3.8) is 0 Å². The SMILES string of the molecule is CCCc1cccc(-c2nc(C(C)C)nc(Cl)c2C)c1. The van der Waals surface area contributed by atoms with Crippen molar-refractivity contribution in [1.82, 2.24) is 9.97 Å². The van der Waals surface area contributed by atoms with Gasteiger partial charge in [0.2, 0.25) is 0 Å². The van der Waals surface area contributed by atoms with E-state index >= 15 is 0 Å². The molecule has 1 heterocycles. The van der Waals surface area contributed by atoms with Gasteiger partial charge in [0.05, 0.1) is 5.69 Å². The van der Waals surface area contributed by atoms with E-state index in [0.29, 0.717) is 5.15 Å². The monoisotopic (exact) mass is 288 g/mol. The van der Waals surface area contributed by atoms with Crippen molar-refractivity contribution >= 4 is 11.6 Å². The predicted molar refractivity (Wildman–Crippen MR) is 85.3 cm³/mol. The van der Waals surface area contributed by atoms with Gasteiger partial charge in [-0.25, -0.2) is 9.97 Å². The van der Waals surface area contributed by atoms with E-state index in [0.717, 1.165) is 35.5 Å². The highest BCUT2D eigenvalue weighted by Gasteiger charge is 2.13. The lowest BCUT2D eigenvalue weighted by molar-refractivity contribution is 0.773. The van der Waals surface area contributed by atoms with Crippen molar-refractivity contribution in [1.29, 1.82) is 0 Å². The average Bonchev–Trinajstić information content (AvgIpc) is 2.42. The van der Waals surface area contributed by atoms with Crippen molar-refractivity contribution in [3.8, 4) is 11.3 Å². The fourth-order valence-corrected chi connectivity index (χ4v) is 2.38. The van der Waals surface area contributed by atoms with E-state index in [9.17, 15) is 0 Å². The van der Waals surface area contributed by atoms with Crippen LogP contribution < -0.4 is 0 Å². The Balaban J connectivity index is 2.53. The molecule has 3 heteroatoms. The molecular formula is C17H21ClN2. The summed E-state index contributed by atoms with van der Waals surface area (Å²) in [4.78, 5) is 9.08. The minimum absolute atomic E-state index is 0.269. The molecule has 0 radical (unpaired) electrons. The number of nitrogens with zero attached hydrogens (tertiary/aromatic N) is 2. The van der Waals surface area contributed by atoms with E-state index in [1.807, 2.05) is 6.92 Å². The van der Waals surface area contributed by atoms with Gasteiger partial charge in [0, 0.05) is 17.0 Å². The maximum Gasteiger partial charge on any atom is 0.136 e. The van der Waals surface area contributed by atoms with E-state index in [4.69, 9.17) is 16.6 Å². The molecule has 2 nitrogen and oxygen atoms in total. The second-order valence-corrected chi connectivity index (χ2v) is 5.81. The van der Waals surface area contributed by atoms with Gasteiger partial charge in [0.25, 0.3) is 0 Å². The fourth-order valence-electron chi connectivity index (χ4n) is 2.21. The Bertz CT molecular complexity index is 606. The van der Waals surface area contributed by atoms with E-state index in [2.05, 4.69) is 50.0 Å². The first-order valence-corrected chi connectivity index (χ1v) is 7.54. The molecule has 2 rings (SSSR count). The molecule has 0 aliphatic heterocycles. The molecular weight excluding hydrogens is 268 g/mol. The first kappa shape index (κ1) is 15.0. The molecule has 0 spiro atoms. The summed E-state index contributed by atoms with van der Waals surface area (Å²) in [6, 6.07) is 8.55. The molecule has 0 fully saturated rings. The Hall–Kier alpha value is -1.41. The summed E-state index contributed by atoms with van der Waals surface area (Å²) in [7, 11) is 0. The Morgan fingerprint density at radius 2 is 1.95 bits per heavy atom. The quantitative estimate of drug-likeness (QED) is 0.724. The number of benzene rings is 1. The topological polar surface area (TPSA) is 25.8 Å². The minimum atomic E-state index is 0.269. The van der Waals surface area contributed by atoms with Crippen LogP contribution in [0.15, 0.2) is 24.3 Å². The predicted octanol–water partition coefficient (Wildman–Crippen LogP) is 5.18. The van der Waals surface area contributed by atoms with Gasteiger partial charge in [-0.05, 0) is 25.0 Å². The molecule has 1 aromatic carbocycles. The van der Waals surface area contributed by atoms with Crippen molar-refractivity contribution in [2.75, 3.05) is 0 Å². The van der Waals surface area contributed by atoms with Crippen LogP contribution in [0.5, 0.6) is 0 Å². The van der Waals surface area contributed by atoms with Gasteiger partial charge in [-0.3, -0.25) is 0 Å². The largest absolute Gasteiger partial charge is 0.232 e. The van der Waals surface area contributed by atoms with Crippen LogP contribution in [0.2, 0.25) is 5.15 Å². The summed E-state index contributed by atoms with van der Waals surface area (Å²) in [6.45, 7) is 8.33. The third-order valence-electron chi connectivity index (χ3n) is 3.36. The second-order valence-electron chi connectivity index (χ2n) is 5.45. The van der Waals surface area contributed by atoms with Crippen LogP contribution in [-0.4, -0.2) is 9.97 Å². The summed E-state index contributed by atoms with van der Waals surface area (Å²) in [6.07, 6.45) is 2.23. The smallest absolute Gasteiger partial charge is 0.136 e. The molecule has 0 unspecified atom stereocenters. The number of aryl methyl sites for hydroxylation is 1. The Morgan fingerprint density at radius 1 is 1.20 bits per heavy atom. The van der Waals surface area contributed by atoms with Crippen LogP contribution in [0.1, 0.15) is 50.1 Å². The Labute approximate surface area is 126 Å². The standard InChI is InChI=1S/C17H21ClN2/c1-5-7-13-8-6-9-14(10-13)15-12(4)16(18)20-17(19-15)11(2)3/h6,8-11H,5,7H2,1-4H3. The molecule has 0 saturated heterocycles. The fraction of sp³-hybridized carbons (Fsp3) is 0.412. The van der Waals surface area contributed by atoms with Crippen LogP contribution in [0.3, 0.4) is 0 Å². The summed E-state index contributed by atoms with van der Waals surface area (Å²) in [5, 5.41) is 0.555. The lowest BCUT2D eigenvalue weighted by Crippen LogP contribution is -2.02. The number of hydrogen-bond acceptors (Lipinski definition) is 2. The van der Waals surface area contributed by atoms with Crippen molar-refractivity contribution in [3.05, 3.63) is 46.4 Å². The highest BCUT2D eigenvalue weighted by Crippen LogP contribution is 2.28. The summed E-state index contributed by atoms with van der Waals surface area (Å²) in [5.74, 6) is 1.07. The molecule has 0 aliphatic carbocycles. The number of aromatic nitrogens is 2. The van der Waals surface area contributed by atoms with E-state index in [1.54, 1.807) is 0 Å². The molecule has 0 N–H and O–H groups in total. The lowest BCUT2D eigenvalue weighted by atomic mass is 10.0. The van der Waals surface area contributed by atoms with Gasteiger partial charge in [-0.1, -0.05) is 57.0 Å². The van der Waals surface area contributed by atoms with Crippen LogP contribution in [0, 0.1) is 6.92 Å². The van der Waals surface area contributed by atoms with Gasteiger partial charge in [0.15, 0.2) is 0 Å². The van der Waals surface area contributed by atoms with Crippen molar-refractivity contribution < 1.29 is 0 Å². The van der Waals surface area contributed by atoms with Gasteiger partial charge in [-0.15, -0.1) is 0 Å². The van der Waals surface area contributed by atoms with Crippen molar-refractivity contribution in [2.45, 2.75) is 46.5 Å². The Kier molecular flexibility index (Phi) is 4.77. The number of rotatable bonds is 4. The average molecular weight is 289 g/mol. The zero-order valence-corrected chi connectivity index (χ0v) is 13.3.